The van der Waals surface area contributed by atoms with Crippen LogP contribution in [0.1, 0.15) is 24.0 Å². The van der Waals surface area contributed by atoms with E-state index < -0.39 is 41.9 Å². The SMILES string of the molecule is COC(=O)CNC(=O)[C@H](CSCc1ccc(Br)cc1)NC(=O)CC[C@H](NC(=O)OCc1ccccc1)C(=O)OC. The molecule has 0 spiro atoms. The molecule has 2 aromatic rings. The Hall–Kier alpha value is -3.58. The number of thioether (sulfide) groups is 1. The topological polar surface area (TPSA) is 149 Å². The number of carbonyl (C=O) groups excluding carboxylic acids is 5. The second kappa shape index (κ2) is 17.9. The average Bonchev–Trinajstić information content (AvgIpc) is 2.97. The van der Waals surface area contributed by atoms with Crippen LogP contribution in [0.5, 0.6) is 0 Å². The van der Waals surface area contributed by atoms with E-state index >= 15 is 0 Å². The van der Waals surface area contributed by atoms with Crippen molar-refractivity contribution in [3.63, 3.8) is 0 Å². The van der Waals surface area contributed by atoms with E-state index in [9.17, 15) is 24.0 Å². The Balaban J connectivity index is 1.93. The smallest absolute Gasteiger partial charge is 0.408 e. The molecule has 13 heteroatoms. The van der Waals surface area contributed by atoms with Gasteiger partial charge >= 0.3 is 18.0 Å². The Morgan fingerprint density at radius 3 is 2.23 bits per heavy atom. The molecule has 0 bridgehead atoms. The molecule has 0 aliphatic heterocycles. The lowest BCUT2D eigenvalue weighted by Crippen LogP contribution is -2.50. The Bertz CT molecular complexity index is 1130. The number of benzene rings is 2. The molecule has 3 N–H and O–H groups in total. The van der Waals surface area contributed by atoms with Gasteiger partial charge in [-0.1, -0.05) is 58.4 Å². The van der Waals surface area contributed by atoms with Crippen molar-refractivity contribution in [2.24, 2.45) is 0 Å². The van der Waals surface area contributed by atoms with Crippen LogP contribution in [0.2, 0.25) is 0 Å². The van der Waals surface area contributed by atoms with Gasteiger partial charge in [0.15, 0.2) is 0 Å². The summed E-state index contributed by atoms with van der Waals surface area (Å²) in [5.74, 6) is -1.66. The maximum Gasteiger partial charge on any atom is 0.408 e. The Morgan fingerprint density at radius 2 is 1.57 bits per heavy atom. The molecular formula is C27H32BrN3O8S. The minimum Gasteiger partial charge on any atom is -0.468 e. The highest BCUT2D eigenvalue weighted by atomic mass is 79.9. The summed E-state index contributed by atoms with van der Waals surface area (Å²) >= 11 is 4.80. The number of nitrogens with one attached hydrogen (secondary N) is 3. The van der Waals surface area contributed by atoms with Crippen LogP contribution in [-0.2, 0) is 45.7 Å². The van der Waals surface area contributed by atoms with Crippen molar-refractivity contribution in [2.75, 3.05) is 26.5 Å². The normalized spacial score (nSPS) is 11.9. The van der Waals surface area contributed by atoms with Crippen LogP contribution in [0, 0.1) is 0 Å². The van der Waals surface area contributed by atoms with Gasteiger partial charge in [-0.15, -0.1) is 0 Å². The monoisotopic (exact) mass is 637 g/mol. The molecule has 0 saturated carbocycles. The Kier molecular flexibility index (Phi) is 14.6. The first-order chi connectivity index (χ1) is 19.2. The molecule has 216 valence electrons. The number of esters is 2. The number of methoxy groups -OCH3 is 2. The molecule has 40 heavy (non-hydrogen) atoms. The maximum absolute atomic E-state index is 12.7. The van der Waals surface area contributed by atoms with Crippen LogP contribution in [-0.4, -0.2) is 68.4 Å². The van der Waals surface area contributed by atoms with Gasteiger partial charge in [-0.05, 0) is 29.7 Å². The maximum atomic E-state index is 12.7. The van der Waals surface area contributed by atoms with E-state index in [4.69, 9.17) is 9.47 Å². The quantitative estimate of drug-likeness (QED) is 0.198. The minimum atomic E-state index is -1.14. The lowest BCUT2D eigenvalue weighted by molar-refractivity contribution is -0.143. The zero-order chi connectivity index (χ0) is 29.3. The van der Waals surface area contributed by atoms with Gasteiger partial charge in [0.05, 0.1) is 14.2 Å². The van der Waals surface area contributed by atoms with Gasteiger partial charge in [-0.25, -0.2) is 9.59 Å². The molecule has 3 amide bonds. The molecule has 2 aromatic carbocycles. The highest BCUT2D eigenvalue weighted by molar-refractivity contribution is 9.10. The lowest BCUT2D eigenvalue weighted by Gasteiger charge is -2.19. The van der Waals surface area contributed by atoms with Crippen LogP contribution in [0.4, 0.5) is 4.79 Å². The van der Waals surface area contributed by atoms with E-state index in [0.717, 1.165) is 22.7 Å². The molecule has 0 heterocycles. The van der Waals surface area contributed by atoms with E-state index in [1.165, 1.54) is 18.9 Å². The zero-order valence-corrected chi connectivity index (χ0v) is 24.5. The van der Waals surface area contributed by atoms with Gasteiger partial charge in [-0.2, -0.15) is 11.8 Å². The standard InChI is InChI=1S/C27H32BrN3O8S/c1-37-24(33)14-29-25(34)22(17-40-16-19-8-10-20(28)11-9-19)30-23(32)13-12-21(26(35)38-2)31-27(36)39-15-18-6-4-3-5-7-18/h3-11,21-22H,12-17H2,1-2H3,(H,29,34)(H,30,32)(H,31,36)/t21-,22-/m0/s1. The summed E-state index contributed by atoms with van der Waals surface area (Å²) < 4.78 is 15.4. The average molecular weight is 639 g/mol. The third-order valence-corrected chi connectivity index (χ3v) is 7.04. The molecule has 0 aliphatic carbocycles. The molecule has 11 nitrogen and oxygen atoms in total. The molecule has 2 atom stereocenters. The minimum absolute atomic E-state index is 0.00133. The second-order valence-electron chi connectivity index (χ2n) is 8.38. The molecule has 0 radical (unpaired) electrons. The number of ether oxygens (including phenoxy) is 3. The van der Waals surface area contributed by atoms with E-state index in [1.54, 1.807) is 24.3 Å². The van der Waals surface area contributed by atoms with Crippen LogP contribution in [0.3, 0.4) is 0 Å². The van der Waals surface area contributed by atoms with Gasteiger partial charge < -0.3 is 30.2 Å². The van der Waals surface area contributed by atoms with Crippen molar-refractivity contribution >= 4 is 57.5 Å². The van der Waals surface area contributed by atoms with Crippen molar-refractivity contribution < 1.29 is 38.2 Å². The van der Waals surface area contributed by atoms with E-state index in [-0.39, 0.29) is 31.7 Å². The van der Waals surface area contributed by atoms with Crippen LogP contribution in [0.25, 0.3) is 0 Å². The number of rotatable bonds is 15. The molecule has 0 aliphatic rings. The molecule has 2 rings (SSSR count). The summed E-state index contributed by atoms with van der Waals surface area (Å²) in [7, 11) is 2.36. The van der Waals surface area contributed by atoms with Crippen molar-refractivity contribution in [3.05, 3.63) is 70.2 Å². The first-order valence-electron chi connectivity index (χ1n) is 12.2. The number of hydrogen-bond acceptors (Lipinski definition) is 9. The Labute approximate surface area is 245 Å². The highest BCUT2D eigenvalue weighted by Crippen LogP contribution is 2.17. The van der Waals surface area contributed by atoms with Gasteiger partial charge in [0.1, 0.15) is 25.2 Å². The molecule has 0 aromatic heterocycles. The number of halogens is 1. The number of alkyl carbamates (subject to hydrolysis) is 1. The van der Waals surface area contributed by atoms with E-state index in [0.29, 0.717) is 5.75 Å². The summed E-state index contributed by atoms with van der Waals surface area (Å²) in [6.07, 6.45) is -1.14. The fourth-order valence-electron chi connectivity index (χ4n) is 3.25. The van der Waals surface area contributed by atoms with Crippen LogP contribution >= 0.6 is 27.7 Å². The molecule has 0 saturated heterocycles. The summed E-state index contributed by atoms with van der Waals surface area (Å²) in [6.45, 7) is -0.347. The predicted molar refractivity (Wildman–Crippen MR) is 152 cm³/mol. The first kappa shape index (κ1) is 32.6. The van der Waals surface area contributed by atoms with Gasteiger partial charge in [-0.3, -0.25) is 14.4 Å². The van der Waals surface area contributed by atoms with Gasteiger partial charge in [0, 0.05) is 22.4 Å². The van der Waals surface area contributed by atoms with E-state index in [1.807, 2.05) is 30.3 Å². The fraction of sp³-hybridized carbons (Fsp3) is 0.370. The van der Waals surface area contributed by atoms with Crippen LogP contribution in [0.15, 0.2) is 59.1 Å². The second-order valence-corrected chi connectivity index (χ2v) is 10.3. The third-order valence-electron chi connectivity index (χ3n) is 5.40. The lowest BCUT2D eigenvalue weighted by atomic mass is 10.1. The first-order valence-corrected chi connectivity index (χ1v) is 14.2. The number of hydrogen-bond donors (Lipinski definition) is 3. The van der Waals surface area contributed by atoms with Crippen molar-refractivity contribution in [1.82, 2.24) is 16.0 Å². The van der Waals surface area contributed by atoms with E-state index in [2.05, 4.69) is 36.6 Å². The predicted octanol–water partition coefficient (Wildman–Crippen LogP) is 2.70. The summed E-state index contributed by atoms with van der Waals surface area (Å²) in [5.41, 5.74) is 1.79. The fourth-order valence-corrected chi connectivity index (χ4v) is 4.53. The summed E-state index contributed by atoms with van der Waals surface area (Å²) in [4.78, 5) is 61.3. The van der Waals surface area contributed by atoms with Crippen LogP contribution < -0.4 is 16.0 Å². The molecular weight excluding hydrogens is 606 g/mol. The third kappa shape index (κ3) is 12.5. The van der Waals surface area contributed by atoms with Gasteiger partial charge in [0.25, 0.3) is 0 Å². The van der Waals surface area contributed by atoms with Gasteiger partial charge in [0.2, 0.25) is 11.8 Å². The Morgan fingerprint density at radius 1 is 0.875 bits per heavy atom. The summed E-state index contributed by atoms with van der Waals surface area (Å²) in [5, 5.41) is 7.50. The molecule has 0 unspecified atom stereocenters. The zero-order valence-electron chi connectivity index (χ0n) is 22.1. The highest BCUT2D eigenvalue weighted by Gasteiger charge is 2.26. The summed E-state index contributed by atoms with van der Waals surface area (Å²) in [6, 6.07) is 14.6. The van der Waals surface area contributed by atoms with Crippen molar-refractivity contribution in [2.45, 2.75) is 37.3 Å². The largest absolute Gasteiger partial charge is 0.468 e. The molecule has 0 fully saturated rings. The number of carbonyl (C=O) groups is 5. The van der Waals surface area contributed by atoms with Crippen molar-refractivity contribution in [1.29, 1.82) is 0 Å². The van der Waals surface area contributed by atoms with Crippen molar-refractivity contribution in [3.8, 4) is 0 Å². The number of amides is 3.